The second kappa shape index (κ2) is 7.84. The molecule has 4 heteroatoms. The molecule has 0 unspecified atom stereocenters. The standard InChI is InChI=1S/C17H24N2O2/c1-3-18-11-13-19(14-12-18)17(20)10-7-15-5-8-16(9-6-15)21-4-2/h5-10H,3-4,11-14H2,1-2H3/b10-7+. The summed E-state index contributed by atoms with van der Waals surface area (Å²) in [6, 6.07) is 7.77. The fourth-order valence-electron chi connectivity index (χ4n) is 2.40. The highest BCUT2D eigenvalue weighted by Gasteiger charge is 2.17. The van der Waals surface area contributed by atoms with Crippen LogP contribution >= 0.6 is 0 Å². The lowest BCUT2D eigenvalue weighted by Crippen LogP contribution is -2.48. The molecule has 4 nitrogen and oxygen atoms in total. The molecule has 0 radical (unpaired) electrons. The van der Waals surface area contributed by atoms with Crippen LogP contribution in [-0.4, -0.2) is 55.0 Å². The number of benzene rings is 1. The Bertz CT molecular complexity index is 474. The van der Waals surface area contributed by atoms with Crippen molar-refractivity contribution in [3.8, 4) is 5.75 Å². The molecule has 1 aliphatic rings. The van der Waals surface area contributed by atoms with E-state index in [9.17, 15) is 4.79 Å². The number of likely N-dealkylation sites (N-methyl/N-ethyl adjacent to an activating group) is 1. The molecule has 0 aromatic heterocycles. The highest BCUT2D eigenvalue weighted by atomic mass is 16.5. The number of carbonyl (C=O) groups is 1. The molecule has 0 spiro atoms. The number of amides is 1. The zero-order chi connectivity index (χ0) is 15.1. The average molecular weight is 288 g/mol. The zero-order valence-electron chi connectivity index (χ0n) is 12.9. The lowest BCUT2D eigenvalue weighted by atomic mass is 10.2. The monoisotopic (exact) mass is 288 g/mol. The lowest BCUT2D eigenvalue weighted by molar-refractivity contribution is -0.127. The van der Waals surface area contributed by atoms with E-state index in [-0.39, 0.29) is 5.91 Å². The summed E-state index contributed by atoms with van der Waals surface area (Å²) in [5, 5.41) is 0. The van der Waals surface area contributed by atoms with Gasteiger partial charge < -0.3 is 14.5 Å². The number of nitrogens with zero attached hydrogens (tertiary/aromatic N) is 2. The molecule has 21 heavy (non-hydrogen) atoms. The Hall–Kier alpha value is -1.81. The van der Waals surface area contributed by atoms with Crippen LogP contribution in [0, 0.1) is 0 Å². The Morgan fingerprint density at radius 2 is 1.81 bits per heavy atom. The van der Waals surface area contributed by atoms with E-state index in [0.29, 0.717) is 6.61 Å². The van der Waals surface area contributed by atoms with E-state index in [1.807, 2.05) is 42.2 Å². The van der Waals surface area contributed by atoms with Crippen LogP contribution in [0.4, 0.5) is 0 Å². The molecule has 1 heterocycles. The molecule has 0 N–H and O–H groups in total. The fourth-order valence-corrected chi connectivity index (χ4v) is 2.40. The quantitative estimate of drug-likeness (QED) is 0.779. The van der Waals surface area contributed by atoms with Gasteiger partial charge in [0.25, 0.3) is 0 Å². The van der Waals surface area contributed by atoms with E-state index in [0.717, 1.165) is 44.0 Å². The largest absolute Gasteiger partial charge is 0.494 e. The van der Waals surface area contributed by atoms with Gasteiger partial charge in [0.2, 0.25) is 5.91 Å². The summed E-state index contributed by atoms with van der Waals surface area (Å²) >= 11 is 0. The van der Waals surface area contributed by atoms with Crippen LogP contribution in [-0.2, 0) is 4.79 Å². The van der Waals surface area contributed by atoms with Gasteiger partial charge in [0.05, 0.1) is 6.61 Å². The predicted molar refractivity (Wildman–Crippen MR) is 85.3 cm³/mol. The molecule has 0 saturated carbocycles. The van der Waals surface area contributed by atoms with Crippen molar-refractivity contribution in [2.45, 2.75) is 13.8 Å². The third kappa shape index (κ3) is 4.60. The van der Waals surface area contributed by atoms with Crippen LogP contribution in [0.3, 0.4) is 0 Å². The second-order valence-corrected chi connectivity index (χ2v) is 5.09. The molecule has 1 aromatic rings. The van der Waals surface area contributed by atoms with Gasteiger partial charge in [-0.3, -0.25) is 4.79 Å². The number of rotatable bonds is 5. The van der Waals surface area contributed by atoms with Crippen molar-refractivity contribution in [2.24, 2.45) is 0 Å². The fraction of sp³-hybridized carbons (Fsp3) is 0.471. The first-order chi connectivity index (χ1) is 10.2. The number of ether oxygens (including phenoxy) is 1. The van der Waals surface area contributed by atoms with E-state index in [1.54, 1.807) is 6.08 Å². The molecule has 1 aliphatic heterocycles. The van der Waals surface area contributed by atoms with Crippen molar-refractivity contribution in [2.75, 3.05) is 39.3 Å². The van der Waals surface area contributed by atoms with Gasteiger partial charge in [-0.05, 0) is 37.2 Å². The Morgan fingerprint density at radius 3 is 2.38 bits per heavy atom. The Labute approximate surface area is 127 Å². The molecule has 0 atom stereocenters. The third-order valence-corrected chi connectivity index (χ3v) is 3.74. The molecule has 114 valence electrons. The predicted octanol–water partition coefficient (Wildman–Crippen LogP) is 2.26. The molecule has 1 amide bonds. The van der Waals surface area contributed by atoms with Crippen LogP contribution in [0.5, 0.6) is 5.75 Å². The SMILES string of the molecule is CCOc1ccc(/C=C/C(=O)N2CCN(CC)CC2)cc1. The van der Waals surface area contributed by atoms with Gasteiger partial charge in [-0.25, -0.2) is 0 Å². The van der Waals surface area contributed by atoms with Crippen molar-refractivity contribution in [1.29, 1.82) is 0 Å². The zero-order valence-corrected chi connectivity index (χ0v) is 12.9. The smallest absolute Gasteiger partial charge is 0.246 e. The molecule has 1 fully saturated rings. The first-order valence-corrected chi connectivity index (χ1v) is 7.65. The number of hydrogen-bond donors (Lipinski definition) is 0. The molecular weight excluding hydrogens is 264 g/mol. The van der Waals surface area contributed by atoms with Crippen LogP contribution in [0.2, 0.25) is 0 Å². The minimum absolute atomic E-state index is 0.0969. The molecule has 0 aliphatic carbocycles. The van der Waals surface area contributed by atoms with Crippen molar-refractivity contribution in [1.82, 2.24) is 9.80 Å². The van der Waals surface area contributed by atoms with Crippen LogP contribution in [0.15, 0.2) is 30.3 Å². The summed E-state index contributed by atoms with van der Waals surface area (Å²) in [6.45, 7) is 9.42. The summed E-state index contributed by atoms with van der Waals surface area (Å²) in [4.78, 5) is 16.4. The minimum Gasteiger partial charge on any atom is -0.494 e. The molecule has 1 saturated heterocycles. The number of hydrogen-bond acceptors (Lipinski definition) is 3. The Morgan fingerprint density at radius 1 is 1.14 bits per heavy atom. The summed E-state index contributed by atoms with van der Waals surface area (Å²) in [5.41, 5.74) is 1.01. The lowest BCUT2D eigenvalue weighted by Gasteiger charge is -2.33. The van der Waals surface area contributed by atoms with Crippen molar-refractivity contribution < 1.29 is 9.53 Å². The van der Waals surface area contributed by atoms with Crippen molar-refractivity contribution in [3.63, 3.8) is 0 Å². The van der Waals surface area contributed by atoms with Gasteiger partial charge in [-0.2, -0.15) is 0 Å². The molecule has 2 rings (SSSR count). The summed E-state index contributed by atoms with van der Waals surface area (Å²) in [5.74, 6) is 0.955. The maximum Gasteiger partial charge on any atom is 0.246 e. The first-order valence-electron chi connectivity index (χ1n) is 7.65. The second-order valence-electron chi connectivity index (χ2n) is 5.09. The van der Waals surface area contributed by atoms with Crippen molar-refractivity contribution in [3.05, 3.63) is 35.9 Å². The highest BCUT2D eigenvalue weighted by molar-refractivity contribution is 5.91. The van der Waals surface area contributed by atoms with E-state index in [1.165, 1.54) is 0 Å². The molecular formula is C17H24N2O2. The van der Waals surface area contributed by atoms with Crippen molar-refractivity contribution >= 4 is 12.0 Å². The number of carbonyl (C=O) groups excluding carboxylic acids is 1. The van der Waals surface area contributed by atoms with Gasteiger partial charge in [-0.1, -0.05) is 19.1 Å². The van der Waals surface area contributed by atoms with Crippen LogP contribution in [0.25, 0.3) is 6.08 Å². The maximum absolute atomic E-state index is 12.1. The minimum atomic E-state index is 0.0969. The van der Waals surface area contributed by atoms with E-state index in [4.69, 9.17) is 4.74 Å². The molecule has 0 bridgehead atoms. The normalized spacial score (nSPS) is 16.4. The maximum atomic E-state index is 12.1. The van der Waals surface area contributed by atoms with Gasteiger partial charge in [0.1, 0.15) is 5.75 Å². The third-order valence-electron chi connectivity index (χ3n) is 3.74. The summed E-state index contributed by atoms with van der Waals surface area (Å²) in [6.07, 6.45) is 3.53. The van der Waals surface area contributed by atoms with Gasteiger partial charge >= 0.3 is 0 Å². The molecule has 1 aromatic carbocycles. The van der Waals surface area contributed by atoms with Gasteiger partial charge in [0.15, 0.2) is 0 Å². The average Bonchev–Trinajstić information content (AvgIpc) is 2.54. The first kappa shape index (κ1) is 15.6. The number of piperazine rings is 1. The van der Waals surface area contributed by atoms with Crippen LogP contribution < -0.4 is 4.74 Å². The topological polar surface area (TPSA) is 32.8 Å². The van der Waals surface area contributed by atoms with Gasteiger partial charge in [-0.15, -0.1) is 0 Å². The van der Waals surface area contributed by atoms with Crippen LogP contribution in [0.1, 0.15) is 19.4 Å². The Kier molecular flexibility index (Phi) is 5.81. The van der Waals surface area contributed by atoms with Gasteiger partial charge in [0, 0.05) is 32.3 Å². The summed E-state index contributed by atoms with van der Waals surface area (Å²) < 4.78 is 5.40. The van der Waals surface area contributed by atoms with E-state index < -0.39 is 0 Å². The Balaban J connectivity index is 1.87. The van der Waals surface area contributed by atoms with E-state index >= 15 is 0 Å². The van der Waals surface area contributed by atoms with E-state index in [2.05, 4.69) is 11.8 Å². The summed E-state index contributed by atoms with van der Waals surface area (Å²) in [7, 11) is 0. The highest BCUT2D eigenvalue weighted by Crippen LogP contribution is 2.13.